The van der Waals surface area contributed by atoms with E-state index in [-0.39, 0.29) is 6.61 Å². The molecule has 2 rings (SSSR count). The molecule has 0 bridgehead atoms. The molecule has 0 spiro atoms. The van der Waals surface area contributed by atoms with Gasteiger partial charge in [0.15, 0.2) is 0 Å². The van der Waals surface area contributed by atoms with Crippen molar-refractivity contribution in [3.63, 3.8) is 0 Å². The van der Waals surface area contributed by atoms with Crippen molar-refractivity contribution in [2.45, 2.75) is 6.61 Å². The highest BCUT2D eigenvalue weighted by Crippen LogP contribution is 2.13. The lowest BCUT2D eigenvalue weighted by Crippen LogP contribution is -1.87. The van der Waals surface area contributed by atoms with Gasteiger partial charge in [0.05, 0.1) is 0 Å². The van der Waals surface area contributed by atoms with Crippen molar-refractivity contribution >= 4 is 18.6 Å². The highest BCUT2D eigenvalue weighted by Gasteiger charge is 1.95. The van der Waals surface area contributed by atoms with Crippen molar-refractivity contribution < 1.29 is 19.1 Å². The van der Waals surface area contributed by atoms with E-state index in [9.17, 15) is 4.79 Å². The molecule has 0 aliphatic rings. The molecule has 0 aliphatic heterocycles. The molecular weight excluding hydrogens is 256 g/mol. The lowest BCUT2D eigenvalue weighted by Gasteiger charge is -1.97. The van der Waals surface area contributed by atoms with Crippen LogP contribution in [0.1, 0.15) is 17.1 Å². The van der Waals surface area contributed by atoms with Crippen LogP contribution in [0, 0.1) is 0 Å². The van der Waals surface area contributed by atoms with Gasteiger partial charge < -0.3 is 14.3 Å². The zero-order valence-corrected chi connectivity index (χ0v) is 10.7. The van der Waals surface area contributed by atoms with E-state index < -0.39 is 0 Å². The maximum absolute atomic E-state index is 10.2. The van der Waals surface area contributed by atoms with Crippen molar-refractivity contribution in [2.24, 2.45) is 0 Å². The summed E-state index contributed by atoms with van der Waals surface area (Å²) in [6.45, 7) is 0.302. The van der Waals surface area contributed by atoms with Gasteiger partial charge in [0.1, 0.15) is 23.9 Å². The number of aliphatic hydroxyl groups excluding tert-OH is 1. The Morgan fingerprint density at radius 2 is 1.80 bits per heavy atom. The summed E-state index contributed by atoms with van der Waals surface area (Å²) in [5.41, 5.74) is 0.989. The Hall–Kier alpha value is -2.59. The first-order valence-electron chi connectivity index (χ1n) is 6.06. The van der Waals surface area contributed by atoms with E-state index in [4.69, 9.17) is 14.3 Å². The Kier molecular flexibility index (Phi) is 4.92. The van der Waals surface area contributed by atoms with E-state index in [0.29, 0.717) is 23.7 Å². The average Bonchev–Trinajstić information content (AvgIpc) is 2.94. The Morgan fingerprint density at radius 3 is 2.45 bits per heavy atom. The first-order valence-corrected chi connectivity index (χ1v) is 6.06. The van der Waals surface area contributed by atoms with Gasteiger partial charge in [-0.25, -0.2) is 0 Å². The number of carbonyl (C=O) groups is 1. The fourth-order valence-corrected chi connectivity index (χ4v) is 1.60. The van der Waals surface area contributed by atoms with Gasteiger partial charge in [0, 0.05) is 0 Å². The van der Waals surface area contributed by atoms with Crippen LogP contribution in [0.15, 0.2) is 53.0 Å². The summed E-state index contributed by atoms with van der Waals surface area (Å²) in [6.07, 6.45) is 7.43. The van der Waals surface area contributed by atoms with Crippen molar-refractivity contribution in [1.82, 2.24) is 0 Å². The SMILES string of the molecule is O=COc1ccc(/C=C/C=C/c2ccc(CO)o2)cc1. The second kappa shape index (κ2) is 7.11. The predicted octanol–water partition coefficient (Wildman–Crippen LogP) is 3.03. The minimum atomic E-state index is -0.0983. The molecule has 102 valence electrons. The van der Waals surface area contributed by atoms with Gasteiger partial charge in [0.25, 0.3) is 6.47 Å². The van der Waals surface area contributed by atoms with Gasteiger partial charge in [-0.15, -0.1) is 0 Å². The Balaban J connectivity index is 1.93. The normalized spacial score (nSPS) is 11.2. The van der Waals surface area contributed by atoms with Crippen LogP contribution < -0.4 is 4.74 Å². The number of carbonyl (C=O) groups excluding carboxylic acids is 1. The van der Waals surface area contributed by atoms with Gasteiger partial charge in [-0.1, -0.05) is 30.4 Å². The molecule has 1 N–H and O–H groups in total. The fraction of sp³-hybridized carbons (Fsp3) is 0.0625. The molecule has 4 nitrogen and oxygen atoms in total. The summed E-state index contributed by atoms with van der Waals surface area (Å²) in [4.78, 5) is 10.2. The first kappa shape index (κ1) is 13.8. The van der Waals surface area contributed by atoms with Crippen LogP contribution in [0.4, 0.5) is 0 Å². The number of benzene rings is 1. The van der Waals surface area contributed by atoms with Crippen LogP contribution >= 0.6 is 0 Å². The lowest BCUT2D eigenvalue weighted by atomic mass is 10.2. The number of allylic oxidation sites excluding steroid dienone is 2. The smallest absolute Gasteiger partial charge is 0.298 e. The van der Waals surface area contributed by atoms with E-state index >= 15 is 0 Å². The standard InChI is InChI=1S/C16H14O4/c17-11-16-10-9-15(20-16)4-2-1-3-13-5-7-14(8-6-13)19-12-18/h1-10,12,17H,11H2/b3-1+,4-2+. The van der Waals surface area contributed by atoms with Gasteiger partial charge >= 0.3 is 0 Å². The summed E-state index contributed by atoms with van der Waals surface area (Å²) in [5.74, 6) is 1.74. The number of hydrogen-bond acceptors (Lipinski definition) is 4. The van der Waals surface area contributed by atoms with Crippen molar-refractivity contribution in [3.05, 3.63) is 65.6 Å². The lowest BCUT2D eigenvalue weighted by molar-refractivity contribution is -0.120. The molecule has 0 fully saturated rings. The molecule has 0 atom stereocenters. The summed E-state index contributed by atoms with van der Waals surface area (Å²) < 4.78 is 10.0. The molecule has 2 aromatic rings. The summed E-state index contributed by atoms with van der Waals surface area (Å²) in [5, 5.41) is 8.87. The van der Waals surface area contributed by atoms with E-state index in [0.717, 1.165) is 5.56 Å². The van der Waals surface area contributed by atoms with E-state index in [2.05, 4.69) is 0 Å². The number of rotatable bonds is 6. The highest BCUT2D eigenvalue weighted by atomic mass is 16.5. The van der Waals surface area contributed by atoms with E-state index in [1.165, 1.54) is 0 Å². The third-order valence-corrected chi connectivity index (χ3v) is 2.56. The van der Waals surface area contributed by atoms with E-state index in [1.54, 1.807) is 30.3 Å². The molecule has 0 amide bonds. The zero-order chi connectivity index (χ0) is 14.2. The molecular formula is C16H14O4. The van der Waals surface area contributed by atoms with Gasteiger partial charge in [0.2, 0.25) is 0 Å². The molecule has 0 radical (unpaired) electrons. The summed E-state index contributed by atoms with van der Waals surface area (Å²) in [6, 6.07) is 10.7. The quantitative estimate of drug-likeness (QED) is 0.647. The maximum Gasteiger partial charge on any atom is 0.298 e. The Morgan fingerprint density at radius 1 is 1.05 bits per heavy atom. The highest BCUT2D eigenvalue weighted by molar-refractivity contribution is 5.56. The van der Waals surface area contributed by atoms with Gasteiger partial charge in [-0.3, -0.25) is 4.79 Å². The predicted molar refractivity (Wildman–Crippen MR) is 75.8 cm³/mol. The second-order valence-electron chi connectivity index (χ2n) is 3.96. The third-order valence-electron chi connectivity index (χ3n) is 2.56. The number of aliphatic hydroxyl groups is 1. The molecule has 0 saturated heterocycles. The molecule has 0 unspecified atom stereocenters. The van der Waals surface area contributed by atoms with Crippen LogP contribution in [0.3, 0.4) is 0 Å². The molecule has 4 heteroatoms. The number of hydrogen-bond donors (Lipinski definition) is 1. The van der Waals surface area contributed by atoms with Crippen LogP contribution in [-0.2, 0) is 11.4 Å². The number of ether oxygens (including phenoxy) is 1. The fourth-order valence-electron chi connectivity index (χ4n) is 1.60. The molecule has 1 heterocycles. The zero-order valence-electron chi connectivity index (χ0n) is 10.7. The largest absolute Gasteiger partial charge is 0.459 e. The monoisotopic (exact) mass is 270 g/mol. The van der Waals surface area contributed by atoms with Gasteiger partial charge in [-0.05, 0) is 35.9 Å². The Bertz CT molecular complexity index is 606. The summed E-state index contributed by atoms with van der Waals surface area (Å²) in [7, 11) is 0. The molecule has 1 aromatic carbocycles. The molecule has 1 aromatic heterocycles. The van der Waals surface area contributed by atoms with Gasteiger partial charge in [-0.2, -0.15) is 0 Å². The minimum absolute atomic E-state index is 0.0983. The third kappa shape index (κ3) is 3.96. The minimum Gasteiger partial charge on any atom is -0.459 e. The first-order chi connectivity index (χ1) is 9.81. The van der Waals surface area contributed by atoms with E-state index in [1.807, 2.05) is 30.4 Å². The van der Waals surface area contributed by atoms with Crippen LogP contribution in [0.2, 0.25) is 0 Å². The molecule has 20 heavy (non-hydrogen) atoms. The van der Waals surface area contributed by atoms with Crippen molar-refractivity contribution in [1.29, 1.82) is 0 Å². The van der Waals surface area contributed by atoms with Crippen molar-refractivity contribution in [3.8, 4) is 5.75 Å². The summed E-state index contributed by atoms with van der Waals surface area (Å²) >= 11 is 0. The molecule has 0 aliphatic carbocycles. The number of furan rings is 1. The average molecular weight is 270 g/mol. The Labute approximate surface area is 116 Å². The van der Waals surface area contributed by atoms with Crippen LogP contribution in [0.5, 0.6) is 5.75 Å². The molecule has 0 saturated carbocycles. The topological polar surface area (TPSA) is 59.7 Å². The van der Waals surface area contributed by atoms with Crippen LogP contribution in [-0.4, -0.2) is 11.6 Å². The second-order valence-corrected chi connectivity index (χ2v) is 3.96. The maximum atomic E-state index is 10.2. The van der Waals surface area contributed by atoms with Crippen molar-refractivity contribution in [2.75, 3.05) is 0 Å². The van der Waals surface area contributed by atoms with Crippen LogP contribution in [0.25, 0.3) is 12.2 Å².